The van der Waals surface area contributed by atoms with E-state index >= 15 is 0 Å². The maximum absolute atomic E-state index is 12.3. The second kappa shape index (κ2) is 8.97. The molecular formula is C21H22N4O2. The third-order valence-electron chi connectivity index (χ3n) is 4.65. The van der Waals surface area contributed by atoms with E-state index in [1.807, 2.05) is 30.3 Å². The molecule has 3 rings (SSSR count). The van der Waals surface area contributed by atoms with E-state index in [0.717, 1.165) is 25.2 Å². The summed E-state index contributed by atoms with van der Waals surface area (Å²) in [6.07, 6.45) is 0. The van der Waals surface area contributed by atoms with Gasteiger partial charge in [0.05, 0.1) is 18.2 Å². The van der Waals surface area contributed by atoms with Crippen LogP contribution in [0.4, 0.5) is 0 Å². The summed E-state index contributed by atoms with van der Waals surface area (Å²) in [6.45, 7) is 3.70. The van der Waals surface area contributed by atoms with Gasteiger partial charge in [-0.2, -0.15) is 5.26 Å². The highest BCUT2D eigenvalue weighted by atomic mass is 16.2. The monoisotopic (exact) mass is 362 g/mol. The zero-order valence-electron chi connectivity index (χ0n) is 15.1. The maximum atomic E-state index is 12.3. The molecule has 0 atom stereocenters. The van der Waals surface area contributed by atoms with Crippen LogP contribution in [0.1, 0.15) is 21.5 Å². The lowest BCUT2D eigenvalue weighted by Gasteiger charge is -2.34. The first-order valence-electron chi connectivity index (χ1n) is 8.98. The predicted octanol–water partition coefficient (Wildman–Crippen LogP) is 1.63. The summed E-state index contributed by atoms with van der Waals surface area (Å²) in [5.74, 6) is -0.291. The maximum Gasteiger partial charge on any atom is 0.251 e. The van der Waals surface area contributed by atoms with E-state index in [-0.39, 0.29) is 18.4 Å². The van der Waals surface area contributed by atoms with Gasteiger partial charge in [0.25, 0.3) is 5.91 Å². The molecule has 1 saturated heterocycles. The zero-order chi connectivity index (χ0) is 19.1. The van der Waals surface area contributed by atoms with Crippen molar-refractivity contribution < 1.29 is 9.59 Å². The average molecular weight is 362 g/mol. The van der Waals surface area contributed by atoms with Gasteiger partial charge < -0.3 is 10.2 Å². The van der Waals surface area contributed by atoms with E-state index in [2.05, 4.69) is 16.3 Å². The minimum atomic E-state index is -0.233. The molecule has 0 radical (unpaired) electrons. The number of nitrogens with one attached hydrogen (secondary N) is 1. The Labute approximate surface area is 159 Å². The van der Waals surface area contributed by atoms with Gasteiger partial charge in [0.1, 0.15) is 0 Å². The van der Waals surface area contributed by atoms with Gasteiger partial charge in [-0.1, -0.05) is 30.3 Å². The lowest BCUT2D eigenvalue weighted by Crippen LogP contribution is -2.50. The van der Waals surface area contributed by atoms with E-state index in [1.165, 1.54) is 0 Å². The second-order valence-corrected chi connectivity index (χ2v) is 6.51. The highest BCUT2D eigenvalue weighted by Crippen LogP contribution is 2.10. The van der Waals surface area contributed by atoms with Crippen molar-refractivity contribution in [1.29, 1.82) is 5.26 Å². The Bertz CT molecular complexity index is 820. The summed E-state index contributed by atoms with van der Waals surface area (Å²) >= 11 is 0. The van der Waals surface area contributed by atoms with Gasteiger partial charge in [0, 0.05) is 38.3 Å². The summed E-state index contributed by atoms with van der Waals surface area (Å²) in [6, 6.07) is 18.6. The standard InChI is InChI=1S/C21H22N4O2/c22-14-17-6-8-18(9-7-17)16-24-10-12-25(13-11-24)20(26)15-23-21(27)19-4-2-1-3-5-19/h1-9H,10-13,15-16H2,(H,23,27). The largest absolute Gasteiger partial charge is 0.343 e. The molecule has 0 spiro atoms. The highest BCUT2D eigenvalue weighted by molar-refractivity contribution is 5.96. The number of rotatable bonds is 5. The van der Waals surface area contributed by atoms with Gasteiger partial charge in [-0.3, -0.25) is 14.5 Å². The third kappa shape index (κ3) is 5.16. The van der Waals surface area contributed by atoms with Gasteiger partial charge in [-0.25, -0.2) is 0 Å². The van der Waals surface area contributed by atoms with Crippen LogP contribution in [-0.2, 0) is 11.3 Å². The Kier molecular flexibility index (Phi) is 6.18. The molecule has 0 aromatic heterocycles. The number of hydrogen-bond donors (Lipinski definition) is 1. The minimum absolute atomic E-state index is 0.0172. The van der Waals surface area contributed by atoms with Crippen LogP contribution >= 0.6 is 0 Å². The minimum Gasteiger partial charge on any atom is -0.343 e. The Balaban J connectivity index is 1.42. The molecule has 1 aliphatic heterocycles. The molecule has 2 aromatic carbocycles. The lowest BCUT2D eigenvalue weighted by molar-refractivity contribution is -0.131. The number of hydrogen-bond acceptors (Lipinski definition) is 4. The fourth-order valence-corrected chi connectivity index (χ4v) is 3.06. The molecule has 6 heteroatoms. The first-order valence-corrected chi connectivity index (χ1v) is 8.98. The molecule has 1 heterocycles. The third-order valence-corrected chi connectivity index (χ3v) is 4.65. The van der Waals surface area contributed by atoms with Gasteiger partial charge in [-0.15, -0.1) is 0 Å². The molecule has 1 fully saturated rings. The van der Waals surface area contributed by atoms with Crippen molar-refractivity contribution in [1.82, 2.24) is 15.1 Å². The van der Waals surface area contributed by atoms with Gasteiger partial charge >= 0.3 is 0 Å². The average Bonchev–Trinajstić information content (AvgIpc) is 2.73. The fraction of sp³-hybridized carbons (Fsp3) is 0.286. The van der Waals surface area contributed by atoms with Crippen LogP contribution in [0.5, 0.6) is 0 Å². The van der Waals surface area contributed by atoms with Crippen LogP contribution in [0.2, 0.25) is 0 Å². The molecule has 0 unspecified atom stereocenters. The van der Waals surface area contributed by atoms with E-state index < -0.39 is 0 Å². The summed E-state index contributed by atoms with van der Waals surface area (Å²) in [4.78, 5) is 28.4. The highest BCUT2D eigenvalue weighted by Gasteiger charge is 2.21. The number of amides is 2. The summed E-state index contributed by atoms with van der Waals surface area (Å²) in [5.41, 5.74) is 2.37. The van der Waals surface area contributed by atoms with Crippen LogP contribution < -0.4 is 5.32 Å². The Morgan fingerprint density at radius 1 is 0.963 bits per heavy atom. The molecule has 0 aliphatic carbocycles. The van der Waals surface area contributed by atoms with E-state index in [0.29, 0.717) is 24.2 Å². The Morgan fingerprint density at radius 2 is 1.63 bits per heavy atom. The first kappa shape index (κ1) is 18.6. The Hall–Kier alpha value is -3.17. The number of benzene rings is 2. The number of carbonyl (C=O) groups is 2. The molecule has 1 aliphatic rings. The van der Waals surface area contributed by atoms with Crippen LogP contribution in [0.25, 0.3) is 0 Å². The smallest absolute Gasteiger partial charge is 0.251 e. The van der Waals surface area contributed by atoms with Gasteiger partial charge in [0.15, 0.2) is 0 Å². The topological polar surface area (TPSA) is 76.4 Å². The van der Waals surface area contributed by atoms with Crippen LogP contribution in [0.3, 0.4) is 0 Å². The van der Waals surface area contributed by atoms with Crippen LogP contribution in [0.15, 0.2) is 54.6 Å². The molecule has 0 bridgehead atoms. The molecule has 0 saturated carbocycles. The van der Waals surface area contributed by atoms with Crippen LogP contribution in [-0.4, -0.2) is 54.3 Å². The fourth-order valence-electron chi connectivity index (χ4n) is 3.06. The second-order valence-electron chi connectivity index (χ2n) is 6.51. The normalized spacial score (nSPS) is 14.4. The molecule has 138 valence electrons. The summed E-state index contributed by atoms with van der Waals surface area (Å²) in [5, 5.41) is 11.5. The van der Waals surface area contributed by atoms with Crippen molar-refractivity contribution in [3.05, 3.63) is 71.3 Å². The number of nitriles is 1. The van der Waals surface area contributed by atoms with E-state index in [1.54, 1.807) is 29.2 Å². The number of piperazine rings is 1. The molecule has 1 N–H and O–H groups in total. The molecule has 27 heavy (non-hydrogen) atoms. The van der Waals surface area contributed by atoms with Crippen molar-refractivity contribution in [3.63, 3.8) is 0 Å². The predicted molar refractivity (Wildman–Crippen MR) is 102 cm³/mol. The number of carbonyl (C=O) groups excluding carboxylic acids is 2. The van der Waals surface area contributed by atoms with Crippen molar-refractivity contribution in [2.45, 2.75) is 6.54 Å². The van der Waals surface area contributed by atoms with E-state index in [4.69, 9.17) is 5.26 Å². The van der Waals surface area contributed by atoms with Crippen molar-refractivity contribution in [2.24, 2.45) is 0 Å². The Morgan fingerprint density at radius 3 is 2.26 bits per heavy atom. The van der Waals surface area contributed by atoms with Crippen molar-refractivity contribution in [3.8, 4) is 6.07 Å². The van der Waals surface area contributed by atoms with E-state index in [9.17, 15) is 9.59 Å². The first-order chi connectivity index (χ1) is 13.2. The van der Waals surface area contributed by atoms with Gasteiger partial charge in [0.2, 0.25) is 5.91 Å². The molecule has 2 amide bonds. The van der Waals surface area contributed by atoms with Gasteiger partial charge in [-0.05, 0) is 29.8 Å². The van der Waals surface area contributed by atoms with Crippen LogP contribution in [0, 0.1) is 11.3 Å². The summed E-state index contributed by atoms with van der Waals surface area (Å²) < 4.78 is 0. The molecule has 6 nitrogen and oxygen atoms in total. The van der Waals surface area contributed by atoms with Crippen molar-refractivity contribution in [2.75, 3.05) is 32.7 Å². The molecular weight excluding hydrogens is 340 g/mol. The lowest BCUT2D eigenvalue weighted by atomic mass is 10.1. The quantitative estimate of drug-likeness (QED) is 0.877. The van der Waals surface area contributed by atoms with Crippen molar-refractivity contribution >= 4 is 11.8 Å². The number of nitrogens with zero attached hydrogens (tertiary/aromatic N) is 3. The zero-order valence-corrected chi connectivity index (χ0v) is 15.1. The SMILES string of the molecule is N#Cc1ccc(CN2CCN(C(=O)CNC(=O)c3ccccc3)CC2)cc1. The molecule has 2 aromatic rings. The summed E-state index contributed by atoms with van der Waals surface area (Å²) in [7, 11) is 0.